The summed E-state index contributed by atoms with van der Waals surface area (Å²) in [5.41, 5.74) is 5.50. The summed E-state index contributed by atoms with van der Waals surface area (Å²) in [6.45, 7) is 1.22. The van der Waals surface area contributed by atoms with Crippen LogP contribution in [0.3, 0.4) is 0 Å². The van der Waals surface area contributed by atoms with E-state index >= 15 is 0 Å². The van der Waals surface area contributed by atoms with Crippen LogP contribution in [0.4, 0.5) is 9.18 Å². The highest BCUT2D eigenvalue weighted by Gasteiger charge is 2.09. The molecular weight excluding hydrogens is 281 g/mol. The Bertz CT molecular complexity index is 496. The molecule has 116 valence electrons. The van der Waals surface area contributed by atoms with Gasteiger partial charge in [0.1, 0.15) is 0 Å². The molecule has 0 aliphatic rings. The molecule has 0 unspecified atom stereocenters. The van der Waals surface area contributed by atoms with E-state index in [1.54, 1.807) is 13.2 Å². The molecule has 0 fully saturated rings. The van der Waals surface area contributed by atoms with Crippen molar-refractivity contribution in [1.29, 1.82) is 0 Å². The molecule has 0 bridgehead atoms. The van der Waals surface area contributed by atoms with Gasteiger partial charge in [0.25, 0.3) is 5.91 Å². The van der Waals surface area contributed by atoms with Crippen LogP contribution in [0.15, 0.2) is 18.2 Å². The number of amides is 3. The molecule has 1 aromatic carbocycles. The number of ether oxygens (including phenoxy) is 2. The molecule has 0 radical (unpaired) electrons. The molecule has 0 aromatic heterocycles. The van der Waals surface area contributed by atoms with E-state index in [1.165, 1.54) is 12.1 Å². The van der Waals surface area contributed by atoms with E-state index in [0.29, 0.717) is 19.7 Å². The number of halogens is 1. The Morgan fingerprint density at radius 1 is 1.38 bits per heavy atom. The second-order valence-electron chi connectivity index (χ2n) is 4.14. The Balaban J connectivity index is 2.46. The molecule has 0 spiro atoms. The predicted molar refractivity (Wildman–Crippen MR) is 73.2 cm³/mol. The lowest BCUT2D eigenvalue weighted by Crippen LogP contribution is -2.38. The molecule has 0 heterocycles. The van der Waals surface area contributed by atoms with Crippen molar-refractivity contribution in [3.63, 3.8) is 0 Å². The zero-order valence-electron chi connectivity index (χ0n) is 11.6. The van der Waals surface area contributed by atoms with Crippen LogP contribution in [0.2, 0.25) is 0 Å². The molecule has 21 heavy (non-hydrogen) atoms. The van der Waals surface area contributed by atoms with Crippen molar-refractivity contribution in [1.82, 2.24) is 10.6 Å². The van der Waals surface area contributed by atoms with Gasteiger partial charge in [-0.05, 0) is 17.7 Å². The number of nitrogens with two attached hydrogens (primary N) is 1. The quantitative estimate of drug-likeness (QED) is 0.592. The summed E-state index contributed by atoms with van der Waals surface area (Å²) in [6, 6.07) is 3.41. The van der Waals surface area contributed by atoms with Crippen LogP contribution >= 0.6 is 0 Å². The minimum atomic E-state index is -0.985. The van der Waals surface area contributed by atoms with E-state index in [-0.39, 0.29) is 5.75 Å². The molecule has 0 saturated carbocycles. The van der Waals surface area contributed by atoms with Crippen molar-refractivity contribution in [2.75, 3.05) is 26.9 Å². The largest absolute Gasteiger partial charge is 0.481 e. The first-order valence-electron chi connectivity index (χ1n) is 6.23. The summed E-state index contributed by atoms with van der Waals surface area (Å²) in [5, 5.41) is 4.89. The molecule has 1 aromatic rings. The summed E-state index contributed by atoms with van der Waals surface area (Å²) in [4.78, 5) is 21.6. The van der Waals surface area contributed by atoms with Gasteiger partial charge in [0.05, 0.1) is 6.61 Å². The first-order chi connectivity index (χ1) is 10.0. The molecule has 8 heteroatoms. The van der Waals surface area contributed by atoms with E-state index in [9.17, 15) is 14.0 Å². The standard InChI is InChI=1S/C13H18FN3O4/c1-20-5-4-16-7-9-2-3-11(10(14)6-9)21-8-12(18)17-13(15)19/h2-3,6,16H,4-5,7-8H2,1H3,(H3,15,17,18,19). The second-order valence-corrected chi connectivity index (χ2v) is 4.14. The number of hydrogen-bond donors (Lipinski definition) is 3. The first kappa shape index (κ1) is 16.9. The molecule has 7 nitrogen and oxygen atoms in total. The van der Waals surface area contributed by atoms with Gasteiger partial charge in [-0.2, -0.15) is 0 Å². The van der Waals surface area contributed by atoms with Gasteiger partial charge in [-0.3, -0.25) is 10.1 Å². The van der Waals surface area contributed by atoms with Crippen molar-refractivity contribution in [2.24, 2.45) is 5.73 Å². The zero-order chi connectivity index (χ0) is 15.7. The Morgan fingerprint density at radius 3 is 2.76 bits per heavy atom. The molecule has 0 aliphatic heterocycles. The highest BCUT2D eigenvalue weighted by Crippen LogP contribution is 2.18. The van der Waals surface area contributed by atoms with Crippen LogP contribution in [-0.4, -0.2) is 38.8 Å². The van der Waals surface area contributed by atoms with Gasteiger partial charge >= 0.3 is 6.03 Å². The monoisotopic (exact) mass is 299 g/mol. The Labute approximate surface area is 121 Å². The van der Waals surface area contributed by atoms with Crippen LogP contribution in [0.25, 0.3) is 0 Å². The van der Waals surface area contributed by atoms with E-state index in [4.69, 9.17) is 15.2 Å². The Kier molecular flexibility index (Phi) is 7.13. The summed E-state index contributed by atoms with van der Waals surface area (Å²) < 4.78 is 23.6. The van der Waals surface area contributed by atoms with Gasteiger partial charge in [-0.25, -0.2) is 9.18 Å². The number of benzene rings is 1. The van der Waals surface area contributed by atoms with Crippen LogP contribution in [-0.2, 0) is 16.1 Å². The van der Waals surface area contributed by atoms with Crippen LogP contribution in [0.5, 0.6) is 5.75 Å². The van der Waals surface area contributed by atoms with Gasteiger partial charge in [-0.15, -0.1) is 0 Å². The Hall–Kier alpha value is -2.19. The number of carbonyl (C=O) groups excluding carboxylic acids is 2. The molecule has 0 atom stereocenters. The van der Waals surface area contributed by atoms with E-state index in [2.05, 4.69) is 5.32 Å². The minimum Gasteiger partial charge on any atom is -0.481 e. The topological polar surface area (TPSA) is 103 Å². The Morgan fingerprint density at radius 2 is 2.14 bits per heavy atom. The third-order valence-electron chi connectivity index (χ3n) is 2.43. The molecular formula is C13H18FN3O4. The van der Waals surface area contributed by atoms with Gasteiger partial charge < -0.3 is 20.5 Å². The third-order valence-corrected chi connectivity index (χ3v) is 2.43. The smallest absolute Gasteiger partial charge is 0.318 e. The van der Waals surface area contributed by atoms with E-state index in [0.717, 1.165) is 5.56 Å². The van der Waals surface area contributed by atoms with Gasteiger partial charge in [0.15, 0.2) is 18.2 Å². The van der Waals surface area contributed by atoms with Crippen molar-refractivity contribution in [3.8, 4) is 5.75 Å². The lowest BCUT2D eigenvalue weighted by atomic mass is 10.2. The van der Waals surface area contributed by atoms with Crippen LogP contribution in [0, 0.1) is 5.82 Å². The van der Waals surface area contributed by atoms with Gasteiger partial charge in [0, 0.05) is 20.2 Å². The molecule has 1 rings (SSSR count). The molecule has 0 saturated heterocycles. The average Bonchev–Trinajstić information content (AvgIpc) is 2.42. The second kappa shape index (κ2) is 8.88. The fraction of sp³-hybridized carbons (Fsp3) is 0.385. The van der Waals surface area contributed by atoms with Crippen molar-refractivity contribution < 1.29 is 23.5 Å². The van der Waals surface area contributed by atoms with Crippen LogP contribution in [0.1, 0.15) is 5.56 Å². The molecule has 3 amide bonds. The summed E-state index contributed by atoms with van der Waals surface area (Å²) in [7, 11) is 1.60. The molecule has 0 aliphatic carbocycles. The first-order valence-corrected chi connectivity index (χ1v) is 6.23. The maximum Gasteiger partial charge on any atom is 0.318 e. The maximum absolute atomic E-state index is 13.7. The highest BCUT2D eigenvalue weighted by atomic mass is 19.1. The number of primary amides is 1. The van der Waals surface area contributed by atoms with E-state index < -0.39 is 24.4 Å². The normalized spacial score (nSPS) is 10.2. The van der Waals surface area contributed by atoms with Gasteiger partial charge in [-0.1, -0.05) is 6.07 Å². The predicted octanol–water partition coefficient (Wildman–Crippen LogP) is 0.135. The van der Waals surface area contributed by atoms with Crippen molar-refractivity contribution in [3.05, 3.63) is 29.6 Å². The number of imide groups is 1. The lowest BCUT2D eigenvalue weighted by molar-refractivity contribution is -0.121. The van der Waals surface area contributed by atoms with E-state index in [1.807, 2.05) is 5.32 Å². The van der Waals surface area contributed by atoms with Crippen molar-refractivity contribution in [2.45, 2.75) is 6.54 Å². The fourth-order valence-electron chi connectivity index (χ4n) is 1.50. The molecule has 4 N–H and O–H groups in total. The van der Waals surface area contributed by atoms with Crippen LogP contribution < -0.4 is 21.1 Å². The average molecular weight is 299 g/mol. The number of urea groups is 1. The highest BCUT2D eigenvalue weighted by molar-refractivity contribution is 5.94. The number of nitrogens with one attached hydrogen (secondary N) is 2. The van der Waals surface area contributed by atoms with Gasteiger partial charge in [0.2, 0.25) is 0 Å². The summed E-state index contributed by atoms with van der Waals surface area (Å²) in [5.74, 6) is -1.41. The number of rotatable bonds is 8. The minimum absolute atomic E-state index is 0.0738. The lowest BCUT2D eigenvalue weighted by Gasteiger charge is -2.09. The summed E-state index contributed by atoms with van der Waals surface area (Å²) in [6.07, 6.45) is 0. The number of methoxy groups -OCH3 is 1. The number of carbonyl (C=O) groups is 2. The fourth-order valence-corrected chi connectivity index (χ4v) is 1.50. The maximum atomic E-state index is 13.7. The van der Waals surface area contributed by atoms with Crippen molar-refractivity contribution >= 4 is 11.9 Å². The SMILES string of the molecule is COCCNCc1ccc(OCC(=O)NC(N)=O)c(F)c1. The third kappa shape index (κ3) is 6.68. The zero-order valence-corrected chi connectivity index (χ0v) is 11.6. The summed E-state index contributed by atoms with van der Waals surface area (Å²) >= 11 is 0. The number of hydrogen-bond acceptors (Lipinski definition) is 5.